The van der Waals surface area contributed by atoms with E-state index in [9.17, 15) is 15.0 Å². The fraction of sp³-hybridized carbons (Fsp3) is 0.650. The number of carbonyl (C=O) groups is 1. The monoisotopic (exact) mass is 404 g/mol. The Kier molecular flexibility index (Phi) is 5.56. The van der Waals surface area contributed by atoms with E-state index in [1.807, 2.05) is 0 Å². The highest BCUT2D eigenvalue weighted by Crippen LogP contribution is 2.40. The maximum absolute atomic E-state index is 12.3. The van der Waals surface area contributed by atoms with Crippen LogP contribution in [-0.2, 0) is 19.9 Å². The molecule has 4 rings (SSSR count). The van der Waals surface area contributed by atoms with E-state index >= 15 is 0 Å². The number of fused-ring (bicyclic) bond motifs is 1. The van der Waals surface area contributed by atoms with Crippen LogP contribution in [0.4, 0.5) is 5.82 Å². The third-order valence-electron chi connectivity index (χ3n) is 6.24. The predicted molar refractivity (Wildman–Crippen MR) is 104 cm³/mol. The lowest BCUT2D eigenvalue weighted by molar-refractivity contribution is -0.132. The van der Waals surface area contributed by atoms with E-state index in [0.29, 0.717) is 17.0 Å². The molecule has 1 saturated heterocycles. The zero-order valence-electron chi connectivity index (χ0n) is 16.5. The van der Waals surface area contributed by atoms with Gasteiger partial charge >= 0.3 is 0 Å². The molecule has 4 N–H and O–H groups in total. The third kappa shape index (κ3) is 3.63. The number of rotatable bonds is 6. The second-order valence-corrected chi connectivity index (χ2v) is 8.18. The highest BCUT2D eigenvalue weighted by molar-refractivity contribution is 5.82. The molecule has 1 aliphatic carbocycles. The van der Waals surface area contributed by atoms with Crippen molar-refractivity contribution in [1.29, 1.82) is 0 Å². The summed E-state index contributed by atoms with van der Waals surface area (Å²) in [4.78, 5) is 16.3. The van der Waals surface area contributed by atoms with Crippen LogP contribution in [-0.4, -0.2) is 62.1 Å². The van der Waals surface area contributed by atoms with E-state index in [-0.39, 0.29) is 24.9 Å². The summed E-state index contributed by atoms with van der Waals surface area (Å²) in [5, 5.41) is 25.4. The van der Waals surface area contributed by atoms with Gasteiger partial charge in [0.2, 0.25) is 0 Å². The van der Waals surface area contributed by atoms with Gasteiger partial charge in [0.25, 0.3) is 0 Å². The van der Waals surface area contributed by atoms with Gasteiger partial charge in [0.05, 0.1) is 12.3 Å². The van der Waals surface area contributed by atoms with E-state index in [2.05, 4.69) is 10.1 Å². The van der Waals surface area contributed by atoms with Gasteiger partial charge in [0, 0.05) is 5.92 Å². The first kappa shape index (κ1) is 20.2. The molecular formula is C20H28N4O5. The Bertz CT molecular complexity index is 881. The Labute approximate surface area is 168 Å². The van der Waals surface area contributed by atoms with Crippen molar-refractivity contribution in [2.75, 3.05) is 18.9 Å². The maximum atomic E-state index is 12.3. The highest BCUT2D eigenvalue weighted by Gasteiger charge is 2.53. The van der Waals surface area contributed by atoms with Crippen LogP contribution in [0.25, 0.3) is 5.52 Å². The van der Waals surface area contributed by atoms with Crippen molar-refractivity contribution in [3.8, 4) is 0 Å². The summed E-state index contributed by atoms with van der Waals surface area (Å²) in [5.74, 6) is 0.487. The Hall–Kier alpha value is -2.07. The molecule has 2 aromatic rings. The lowest BCUT2D eigenvalue weighted by atomic mass is 9.86. The Morgan fingerprint density at radius 3 is 2.86 bits per heavy atom. The van der Waals surface area contributed by atoms with Crippen LogP contribution in [0.15, 0.2) is 18.5 Å². The summed E-state index contributed by atoms with van der Waals surface area (Å²) < 4.78 is 13.2. The quantitative estimate of drug-likeness (QED) is 0.644. The number of aliphatic hydroxyl groups is 2. The van der Waals surface area contributed by atoms with E-state index in [4.69, 9.17) is 15.2 Å². The van der Waals surface area contributed by atoms with Crippen LogP contribution in [0, 0.1) is 5.92 Å². The van der Waals surface area contributed by atoms with E-state index in [0.717, 1.165) is 25.7 Å². The van der Waals surface area contributed by atoms with Gasteiger partial charge in [-0.15, -0.1) is 0 Å². The normalized spacial score (nSPS) is 30.8. The molecule has 158 valence electrons. The lowest BCUT2D eigenvalue weighted by Gasteiger charge is -2.27. The zero-order valence-corrected chi connectivity index (χ0v) is 16.5. The first-order valence-electron chi connectivity index (χ1n) is 10.1. The number of nitrogen functional groups attached to an aromatic ring is 1. The van der Waals surface area contributed by atoms with E-state index < -0.39 is 23.9 Å². The minimum Gasteiger partial charge on any atom is -0.387 e. The second kappa shape index (κ2) is 7.98. The number of aromatic nitrogens is 3. The van der Waals surface area contributed by atoms with Gasteiger partial charge in [-0.05, 0) is 31.9 Å². The average molecular weight is 404 g/mol. The van der Waals surface area contributed by atoms with Crippen molar-refractivity contribution in [3.05, 3.63) is 24.2 Å². The molecule has 4 atom stereocenters. The molecule has 0 unspecified atom stereocenters. The first-order valence-corrected chi connectivity index (χ1v) is 10.1. The lowest BCUT2D eigenvalue weighted by Crippen LogP contribution is -2.39. The number of ether oxygens (including phenoxy) is 2. The molecule has 9 nitrogen and oxygen atoms in total. The Morgan fingerprint density at radius 1 is 1.34 bits per heavy atom. The third-order valence-corrected chi connectivity index (χ3v) is 6.24. The van der Waals surface area contributed by atoms with Crippen LogP contribution >= 0.6 is 0 Å². The summed E-state index contributed by atoms with van der Waals surface area (Å²) in [6, 6.07) is 3.48. The Morgan fingerprint density at radius 2 is 2.10 bits per heavy atom. The van der Waals surface area contributed by atoms with Crippen LogP contribution in [0.2, 0.25) is 0 Å². The first-order chi connectivity index (χ1) is 13.9. The summed E-state index contributed by atoms with van der Waals surface area (Å²) >= 11 is 0. The molecule has 1 aliphatic heterocycles. The zero-order chi connectivity index (χ0) is 20.6. The van der Waals surface area contributed by atoms with E-state index in [1.165, 1.54) is 12.7 Å². The molecule has 1 saturated carbocycles. The Balaban J connectivity index is 1.43. The number of carbonyl (C=O) groups excluding carboxylic acids is 1. The van der Waals surface area contributed by atoms with Crippen molar-refractivity contribution in [3.63, 3.8) is 0 Å². The molecule has 2 aliphatic rings. The van der Waals surface area contributed by atoms with Gasteiger partial charge in [0.15, 0.2) is 11.6 Å². The van der Waals surface area contributed by atoms with E-state index in [1.54, 1.807) is 23.6 Å². The van der Waals surface area contributed by atoms with Crippen LogP contribution in [0.3, 0.4) is 0 Å². The fourth-order valence-corrected chi connectivity index (χ4v) is 4.47. The highest BCUT2D eigenvalue weighted by atomic mass is 16.6. The fourth-order valence-electron chi connectivity index (χ4n) is 4.47. The van der Waals surface area contributed by atoms with Crippen molar-refractivity contribution in [2.45, 2.75) is 62.9 Å². The molecular weight excluding hydrogens is 376 g/mol. The topological polar surface area (TPSA) is 132 Å². The van der Waals surface area contributed by atoms with Crippen LogP contribution in [0.1, 0.15) is 44.7 Å². The maximum Gasteiger partial charge on any atom is 0.161 e. The van der Waals surface area contributed by atoms with Gasteiger partial charge in [-0.1, -0.05) is 19.3 Å². The second-order valence-electron chi connectivity index (χ2n) is 8.18. The SMILES string of the molecule is C[C@@]1(c2ccc3c(N)ncnn23)O[C@H](COCC(=O)C2CCCCC2)[C@@H](O)[C@H]1O. The number of ketones is 1. The number of hydrogen-bond donors (Lipinski definition) is 3. The summed E-state index contributed by atoms with van der Waals surface area (Å²) in [6.07, 6.45) is 3.42. The summed E-state index contributed by atoms with van der Waals surface area (Å²) in [7, 11) is 0. The van der Waals surface area contributed by atoms with Crippen molar-refractivity contribution < 1.29 is 24.5 Å². The van der Waals surface area contributed by atoms with Gasteiger partial charge in [-0.25, -0.2) is 9.50 Å². The van der Waals surface area contributed by atoms with Crippen molar-refractivity contribution >= 4 is 17.1 Å². The largest absolute Gasteiger partial charge is 0.387 e. The number of Topliss-reactive ketones (excluding diaryl/α,β-unsaturated/α-hetero) is 1. The number of aliphatic hydroxyl groups excluding tert-OH is 2. The summed E-state index contributed by atoms with van der Waals surface area (Å²) in [6.45, 7) is 1.71. The smallest absolute Gasteiger partial charge is 0.161 e. The molecule has 9 heteroatoms. The van der Waals surface area contributed by atoms with Crippen molar-refractivity contribution in [2.24, 2.45) is 5.92 Å². The molecule has 0 bridgehead atoms. The minimum absolute atomic E-state index is 0.00186. The molecule has 0 aromatic carbocycles. The molecule has 29 heavy (non-hydrogen) atoms. The number of nitrogens with two attached hydrogens (primary N) is 1. The average Bonchev–Trinajstić information content (AvgIpc) is 3.26. The van der Waals surface area contributed by atoms with Crippen LogP contribution in [0.5, 0.6) is 0 Å². The van der Waals surface area contributed by atoms with Gasteiger partial charge in [-0.2, -0.15) is 5.10 Å². The predicted octanol–water partition coefficient (Wildman–Crippen LogP) is 0.813. The molecule has 2 aromatic heterocycles. The number of hydrogen-bond acceptors (Lipinski definition) is 8. The van der Waals surface area contributed by atoms with Crippen molar-refractivity contribution in [1.82, 2.24) is 14.6 Å². The van der Waals surface area contributed by atoms with Gasteiger partial charge < -0.3 is 25.4 Å². The molecule has 3 heterocycles. The van der Waals surface area contributed by atoms with Gasteiger partial charge in [-0.3, -0.25) is 4.79 Å². The standard InChI is InChI=1S/C20H28N4O5/c1-20(16-8-7-13-19(21)22-11-23-24(13)16)18(27)17(26)15(29-20)10-28-9-14(25)12-5-3-2-4-6-12/h7-8,11-12,15,17-18,26-27H,2-6,9-10H2,1H3,(H2,21,22,23)/t15-,17-,18-,20+/m1/s1. The number of nitrogens with zero attached hydrogens (tertiary/aromatic N) is 3. The molecule has 0 amide bonds. The minimum atomic E-state index is -1.21. The summed E-state index contributed by atoms with van der Waals surface area (Å²) in [5.41, 5.74) is 5.80. The molecule has 0 radical (unpaired) electrons. The molecule has 0 spiro atoms. The number of anilines is 1. The van der Waals surface area contributed by atoms with Crippen LogP contribution < -0.4 is 5.73 Å². The van der Waals surface area contributed by atoms with Gasteiger partial charge in [0.1, 0.15) is 42.4 Å². The molecule has 2 fully saturated rings.